The zero-order chi connectivity index (χ0) is 29.8. The van der Waals surface area contributed by atoms with E-state index >= 15 is 0 Å². The van der Waals surface area contributed by atoms with E-state index in [9.17, 15) is 15.0 Å². The van der Waals surface area contributed by atoms with E-state index in [2.05, 4.69) is 43.4 Å². The molecule has 9 heteroatoms. The van der Waals surface area contributed by atoms with Crippen molar-refractivity contribution in [1.82, 2.24) is 15.0 Å². The largest absolute Gasteiger partial charge is 0.507 e. The highest BCUT2D eigenvalue weighted by Gasteiger charge is 2.33. The van der Waals surface area contributed by atoms with Gasteiger partial charge in [0.15, 0.2) is 0 Å². The van der Waals surface area contributed by atoms with Crippen LogP contribution in [0.1, 0.15) is 93.4 Å². The van der Waals surface area contributed by atoms with Crippen LogP contribution in [0.25, 0.3) is 0 Å². The molecule has 3 rings (SSSR count). The van der Waals surface area contributed by atoms with E-state index in [-0.39, 0.29) is 37.2 Å². The Morgan fingerprint density at radius 3 is 2.64 bits per heavy atom. The number of hydrogen-bond acceptors (Lipinski definition) is 7. The quantitative estimate of drug-likeness (QED) is 0.144. The Hall–Kier alpha value is -3.43. The molecule has 1 aromatic heterocycles. The molecule has 0 fully saturated rings. The van der Waals surface area contributed by atoms with Gasteiger partial charge in [0.05, 0.1) is 39.2 Å². The second-order valence-corrected chi connectivity index (χ2v) is 10.7. The maximum Gasteiger partial charge on any atom is 0.339 e. The molecule has 0 radical (unpaired) electrons. The highest BCUT2D eigenvalue weighted by atomic mass is 16.5. The van der Waals surface area contributed by atoms with Gasteiger partial charge < -0.3 is 24.4 Å². The van der Waals surface area contributed by atoms with Crippen LogP contribution in [0.15, 0.2) is 48.7 Å². The number of carbonyl (C=O) groups is 1. The maximum absolute atomic E-state index is 12.3. The lowest BCUT2D eigenvalue weighted by Gasteiger charge is -2.32. The van der Waals surface area contributed by atoms with E-state index in [1.165, 1.54) is 5.57 Å². The third-order valence-corrected chi connectivity index (χ3v) is 7.37. The molecule has 2 N–H and O–H groups in total. The number of rotatable bonds is 18. The monoisotopic (exact) mass is 583 g/mol. The van der Waals surface area contributed by atoms with Crippen molar-refractivity contribution in [2.75, 3.05) is 26.4 Å². The van der Waals surface area contributed by atoms with Gasteiger partial charge in [-0.1, -0.05) is 62.3 Å². The molecule has 0 saturated heterocycles. The van der Waals surface area contributed by atoms with Crippen molar-refractivity contribution in [3.8, 4) is 11.5 Å². The van der Waals surface area contributed by atoms with Gasteiger partial charge in [-0.15, -0.1) is 11.7 Å². The van der Waals surface area contributed by atoms with Crippen LogP contribution in [0.2, 0.25) is 0 Å². The van der Waals surface area contributed by atoms with E-state index in [1.807, 2.05) is 19.2 Å². The van der Waals surface area contributed by atoms with Crippen molar-refractivity contribution < 1.29 is 29.2 Å². The summed E-state index contributed by atoms with van der Waals surface area (Å²) in [6.45, 7) is 16.3. The smallest absolute Gasteiger partial charge is 0.339 e. The topological polar surface area (TPSA) is 116 Å². The minimum Gasteiger partial charge on any atom is -0.507 e. The fourth-order valence-corrected chi connectivity index (χ4v) is 5.29. The zero-order valence-electron chi connectivity index (χ0n) is 24.7. The molecule has 232 valence electrons. The number of phenols is 1. The van der Waals surface area contributed by atoms with E-state index < -0.39 is 5.97 Å². The molecule has 1 heterocycles. The Morgan fingerprint density at radius 2 is 1.95 bits per heavy atom. The first-order valence-corrected chi connectivity index (χ1v) is 14.5. The summed E-state index contributed by atoms with van der Waals surface area (Å²) in [5.41, 5.74) is 4.01. The van der Waals surface area contributed by atoms with Gasteiger partial charge in [-0.25, -0.2) is 9.48 Å². The SMILES string of the molecule is C.C=CCn1cc(COCCOCCOc2cc(CCCCC)c(C(=O)O)c(O)c2C2C=C(C)CCC2C(=C)C)nn1. The van der Waals surface area contributed by atoms with Gasteiger partial charge in [-0.3, -0.25) is 0 Å². The number of allylic oxidation sites excluding steroid dienone is 4. The second kappa shape index (κ2) is 17.5. The number of aromatic nitrogens is 3. The number of aryl methyl sites for hydroxylation is 1. The van der Waals surface area contributed by atoms with Gasteiger partial charge in [0.25, 0.3) is 0 Å². The number of unbranched alkanes of at least 4 members (excludes halogenated alkanes) is 2. The van der Waals surface area contributed by atoms with Gasteiger partial charge in [-0.2, -0.15) is 0 Å². The van der Waals surface area contributed by atoms with Crippen molar-refractivity contribution in [1.29, 1.82) is 0 Å². The maximum atomic E-state index is 12.3. The highest BCUT2D eigenvalue weighted by Crippen LogP contribution is 2.48. The number of aromatic carboxylic acids is 1. The number of nitrogens with zero attached hydrogens (tertiary/aromatic N) is 3. The molecule has 0 aliphatic heterocycles. The molecule has 2 aromatic rings. The second-order valence-electron chi connectivity index (χ2n) is 10.7. The predicted octanol–water partition coefficient (Wildman–Crippen LogP) is 6.86. The van der Waals surface area contributed by atoms with Crippen molar-refractivity contribution >= 4 is 5.97 Å². The van der Waals surface area contributed by atoms with Gasteiger partial charge in [0.2, 0.25) is 0 Å². The van der Waals surface area contributed by atoms with Crippen LogP contribution >= 0.6 is 0 Å². The fourth-order valence-electron chi connectivity index (χ4n) is 5.29. The Bertz CT molecular complexity index is 1220. The third-order valence-electron chi connectivity index (χ3n) is 7.37. The average Bonchev–Trinajstić information content (AvgIpc) is 3.37. The van der Waals surface area contributed by atoms with E-state index in [0.717, 1.165) is 43.4 Å². The van der Waals surface area contributed by atoms with Crippen LogP contribution in [0.5, 0.6) is 11.5 Å². The number of carboxylic acid groups (broad SMARTS) is 1. The fraction of sp³-hybridized carbons (Fsp3) is 0.545. The Kier molecular flexibility index (Phi) is 14.5. The zero-order valence-corrected chi connectivity index (χ0v) is 24.7. The number of carboxylic acids is 1. The third kappa shape index (κ3) is 9.56. The summed E-state index contributed by atoms with van der Waals surface area (Å²) in [5, 5.41) is 29.6. The summed E-state index contributed by atoms with van der Waals surface area (Å²) in [7, 11) is 0. The van der Waals surface area contributed by atoms with Crippen LogP contribution in [0.4, 0.5) is 0 Å². The molecule has 42 heavy (non-hydrogen) atoms. The molecule has 1 aliphatic carbocycles. The summed E-state index contributed by atoms with van der Waals surface area (Å²) < 4.78 is 19.2. The highest BCUT2D eigenvalue weighted by molar-refractivity contribution is 5.94. The predicted molar refractivity (Wildman–Crippen MR) is 165 cm³/mol. The van der Waals surface area contributed by atoms with Gasteiger partial charge >= 0.3 is 5.97 Å². The molecule has 0 amide bonds. The normalized spacial score (nSPS) is 16.4. The van der Waals surface area contributed by atoms with Gasteiger partial charge in [0.1, 0.15) is 29.4 Å². The lowest BCUT2D eigenvalue weighted by atomic mass is 9.73. The Labute approximate surface area is 250 Å². The molecule has 0 spiro atoms. The van der Waals surface area contributed by atoms with Crippen LogP contribution in [-0.4, -0.2) is 57.6 Å². The van der Waals surface area contributed by atoms with Crippen LogP contribution in [-0.2, 0) is 29.0 Å². The molecule has 9 nitrogen and oxygen atoms in total. The van der Waals surface area contributed by atoms with E-state index in [1.54, 1.807) is 10.8 Å². The van der Waals surface area contributed by atoms with Crippen molar-refractivity contribution in [2.45, 2.75) is 85.8 Å². The number of ether oxygens (including phenoxy) is 3. The first-order chi connectivity index (χ1) is 19.8. The van der Waals surface area contributed by atoms with E-state index in [4.69, 9.17) is 14.2 Å². The molecule has 1 aromatic carbocycles. The van der Waals surface area contributed by atoms with Crippen molar-refractivity contribution in [3.05, 3.63) is 71.1 Å². The summed E-state index contributed by atoms with van der Waals surface area (Å²) in [6.07, 6.45) is 10.9. The lowest BCUT2D eigenvalue weighted by molar-refractivity contribution is 0.0292. The minimum absolute atomic E-state index is 0. The first kappa shape index (κ1) is 34.8. The molecular formula is C33H49N3O6. The molecular weight excluding hydrogens is 534 g/mol. The van der Waals surface area contributed by atoms with Crippen LogP contribution in [0.3, 0.4) is 0 Å². The first-order valence-electron chi connectivity index (χ1n) is 14.5. The lowest BCUT2D eigenvalue weighted by Crippen LogP contribution is -2.20. The molecule has 2 unspecified atom stereocenters. The van der Waals surface area contributed by atoms with Crippen LogP contribution in [0, 0.1) is 5.92 Å². The molecule has 0 saturated carbocycles. The molecule has 0 bridgehead atoms. The van der Waals surface area contributed by atoms with Crippen molar-refractivity contribution in [3.63, 3.8) is 0 Å². The average molecular weight is 584 g/mol. The summed E-state index contributed by atoms with van der Waals surface area (Å²) in [6, 6.07) is 1.81. The number of hydrogen-bond donors (Lipinski definition) is 2. The standard InChI is InChI=1S/C32H45N3O6.CH4/c1-6-8-9-10-24-19-28(41-17-16-39-14-15-40-21-25-20-35(13-7-2)34-33-25)30(31(36)29(24)32(37)38)27-18-23(5)11-12-26(27)22(3)4;/h7,18-20,26-27,36H,2-3,6,8-17,21H2,1,4-5H3,(H,37,38);1H4. The summed E-state index contributed by atoms with van der Waals surface area (Å²) >= 11 is 0. The molecule has 1 aliphatic rings. The number of aromatic hydroxyl groups is 1. The van der Waals surface area contributed by atoms with Gasteiger partial charge in [0, 0.05) is 11.5 Å². The Balaban J connectivity index is 0.00000616. The summed E-state index contributed by atoms with van der Waals surface area (Å²) in [5.74, 6) is -0.979. The number of benzene rings is 1. The summed E-state index contributed by atoms with van der Waals surface area (Å²) in [4.78, 5) is 12.3. The Morgan fingerprint density at radius 1 is 1.21 bits per heavy atom. The van der Waals surface area contributed by atoms with Gasteiger partial charge in [-0.05, 0) is 57.1 Å². The van der Waals surface area contributed by atoms with E-state index in [0.29, 0.717) is 56.3 Å². The molecule has 2 atom stereocenters. The van der Waals surface area contributed by atoms with Crippen LogP contribution < -0.4 is 4.74 Å². The minimum atomic E-state index is -1.13. The van der Waals surface area contributed by atoms with Crippen molar-refractivity contribution in [2.24, 2.45) is 5.92 Å².